The van der Waals surface area contributed by atoms with Crippen LogP contribution in [-0.4, -0.2) is 34.2 Å². The molecule has 2 unspecified atom stereocenters. The lowest BCUT2D eigenvalue weighted by molar-refractivity contribution is 0.158. The molecule has 4 atom stereocenters. The monoisotopic (exact) mass is 318 g/mol. The maximum atomic E-state index is 9.78. The minimum Gasteiger partial charge on any atom is -0.393 e. The zero-order valence-corrected chi connectivity index (χ0v) is 13.7. The van der Waals surface area contributed by atoms with Crippen LogP contribution in [-0.2, 0) is 6.54 Å². The number of nitrogens with zero attached hydrogens (tertiary/aromatic N) is 1. The van der Waals surface area contributed by atoms with Gasteiger partial charge in [0.25, 0.3) is 0 Å². The summed E-state index contributed by atoms with van der Waals surface area (Å²) in [6, 6.07) is 8.82. The summed E-state index contributed by atoms with van der Waals surface area (Å²) in [7, 11) is 2.20. The number of rotatable bonds is 3. The number of aromatic nitrogens is 1. The molecule has 1 heterocycles. The van der Waals surface area contributed by atoms with E-state index in [2.05, 4.69) is 29.1 Å². The molecular formula is C18H23ClN2O. The molecule has 0 bridgehead atoms. The molecule has 0 amide bonds. The van der Waals surface area contributed by atoms with Gasteiger partial charge in [0.1, 0.15) is 0 Å². The average Bonchev–Trinajstić information content (AvgIpc) is 3.12. The van der Waals surface area contributed by atoms with E-state index in [0.717, 1.165) is 52.8 Å². The SMILES string of the molecule is CN(Cc1[nH]c2ccccc2c1Cl)C1C[C@H]2CC(O)C[C@H]2C1. The molecule has 4 rings (SSSR count). The van der Waals surface area contributed by atoms with Crippen LogP contribution in [0.5, 0.6) is 0 Å². The highest BCUT2D eigenvalue weighted by Gasteiger charge is 2.42. The van der Waals surface area contributed by atoms with E-state index in [1.165, 1.54) is 12.8 Å². The van der Waals surface area contributed by atoms with Crippen LogP contribution in [0.25, 0.3) is 10.9 Å². The quantitative estimate of drug-likeness (QED) is 0.903. The predicted octanol–water partition coefficient (Wildman–Crippen LogP) is 3.80. The van der Waals surface area contributed by atoms with Crippen LogP contribution in [0.15, 0.2) is 24.3 Å². The first kappa shape index (κ1) is 14.6. The topological polar surface area (TPSA) is 39.3 Å². The summed E-state index contributed by atoms with van der Waals surface area (Å²) in [5, 5.41) is 11.7. The Morgan fingerprint density at radius 2 is 1.86 bits per heavy atom. The summed E-state index contributed by atoms with van der Waals surface area (Å²) in [6.45, 7) is 0.861. The molecule has 0 saturated heterocycles. The number of aliphatic hydroxyl groups is 1. The van der Waals surface area contributed by atoms with Crippen LogP contribution in [0.4, 0.5) is 0 Å². The second-order valence-corrected chi connectivity index (χ2v) is 7.53. The van der Waals surface area contributed by atoms with E-state index >= 15 is 0 Å². The molecular weight excluding hydrogens is 296 g/mol. The molecule has 2 aliphatic rings. The van der Waals surface area contributed by atoms with Gasteiger partial charge in [-0.25, -0.2) is 0 Å². The number of aromatic amines is 1. The van der Waals surface area contributed by atoms with E-state index < -0.39 is 0 Å². The molecule has 1 aromatic heterocycles. The molecule has 2 aromatic rings. The highest BCUT2D eigenvalue weighted by molar-refractivity contribution is 6.36. The zero-order valence-electron chi connectivity index (χ0n) is 12.9. The second-order valence-electron chi connectivity index (χ2n) is 7.15. The van der Waals surface area contributed by atoms with Crippen molar-refractivity contribution < 1.29 is 5.11 Å². The highest BCUT2D eigenvalue weighted by atomic mass is 35.5. The number of benzene rings is 1. The van der Waals surface area contributed by atoms with Crippen molar-refractivity contribution in [1.29, 1.82) is 0 Å². The average molecular weight is 319 g/mol. The van der Waals surface area contributed by atoms with Crippen LogP contribution >= 0.6 is 11.6 Å². The molecule has 1 aromatic carbocycles. The number of hydrogen-bond donors (Lipinski definition) is 2. The van der Waals surface area contributed by atoms with Gasteiger partial charge in [0.15, 0.2) is 0 Å². The third-order valence-corrected chi connectivity index (χ3v) is 6.14. The highest BCUT2D eigenvalue weighted by Crippen LogP contribution is 2.45. The summed E-state index contributed by atoms with van der Waals surface area (Å²) in [6.07, 6.45) is 4.39. The first-order valence-electron chi connectivity index (χ1n) is 8.25. The maximum Gasteiger partial charge on any atom is 0.0705 e. The van der Waals surface area contributed by atoms with Gasteiger partial charge in [0.2, 0.25) is 0 Å². The van der Waals surface area contributed by atoms with Crippen molar-refractivity contribution in [2.45, 2.75) is 44.4 Å². The molecule has 2 fully saturated rings. The van der Waals surface area contributed by atoms with Crippen LogP contribution in [0.2, 0.25) is 5.02 Å². The molecule has 4 heteroatoms. The fourth-order valence-corrected chi connectivity index (χ4v) is 4.84. The standard InChI is InChI=1S/C18H23ClN2O/c1-21(13-6-11-8-14(22)9-12(11)7-13)10-17-18(19)15-4-2-3-5-16(15)20-17/h2-5,11-14,20,22H,6-10H2,1H3/t11-,12+,13?,14?. The molecule has 2 saturated carbocycles. The largest absolute Gasteiger partial charge is 0.393 e. The smallest absolute Gasteiger partial charge is 0.0705 e. The Hall–Kier alpha value is -1.03. The van der Waals surface area contributed by atoms with Gasteiger partial charge in [-0.1, -0.05) is 29.8 Å². The Bertz CT molecular complexity index is 669. The first-order valence-corrected chi connectivity index (χ1v) is 8.63. The van der Waals surface area contributed by atoms with Gasteiger partial charge >= 0.3 is 0 Å². The number of para-hydroxylation sites is 1. The molecule has 3 nitrogen and oxygen atoms in total. The Balaban J connectivity index is 1.48. The molecule has 2 N–H and O–H groups in total. The lowest BCUT2D eigenvalue weighted by atomic mass is 10.0. The van der Waals surface area contributed by atoms with Crippen LogP contribution in [0.1, 0.15) is 31.4 Å². The summed E-state index contributed by atoms with van der Waals surface area (Å²) >= 11 is 6.53. The molecule has 2 aliphatic carbocycles. The van der Waals surface area contributed by atoms with E-state index in [9.17, 15) is 5.11 Å². The predicted molar refractivity (Wildman–Crippen MR) is 90.0 cm³/mol. The number of fused-ring (bicyclic) bond motifs is 2. The number of aliphatic hydroxyl groups excluding tert-OH is 1. The Labute approximate surface area is 136 Å². The van der Waals surface area contributed by atoms with Crippen molar-refractivity contribution in [3.05, 3.63) is 35.0 Å². The summed E-state index contributed by atoms with van der Waals surface area (Å²) in [4.78, 5) is 5.89. The lowest BCUT2D eigenvalue weighted by Crippen LogP contribution is -2.30. The zero-order chi connectivity index (χ0) is 15.3. The van der Waals surface area contributed by atoms with Gasteiger partial charge in [0, 0.05) is 29.2 Å². The maximum absolute atomic E-state index is 9.78. The van der Waals surface area contributed by atoms with Gasteiger partial charge in [0.05, 0.1) is 11.1 Å². The third kappa shape index (κ3) is 2.45. The van der Waals surface area contributed by atoms with Crippen LogP contribution in [0.3, 0.4) is 0 Å². The van der Waals surface area contributed by atoms with E-state index in [1.807, 2.05) is 12.1 Å². The van der Waals surface area contributed by atoms with E-state index in [1.54, 1.807) is 0 Å². The van der Waals surface area contributed by atoms with Crippen molar-refractivity contribution in [2.24, 2.45) is 11.8 Å². The molecule has 118 valence electrons. The fraction of sp³-hybridized carbons (Fsp3) is 0.556. The minimum atomic E-state index is -0.0515. The lowest BCUT2D eigenvalue weighted by Gasteiger charge is -2.25. The van der Waals surface area contributed by atoms with Gasteiger partial charge < -0.3 is 10.1 Å². The Morgan fingerprint density at radius 1 is 1.18 bits per heavy atom. The number of nitrogens with one attached hydrogen (secondary N) is 1. The Morgan fingerprint density at radius 3 is 2.55 bits per heavy atom. The summed E-state index contributed by atoms with van der Waals surface area (Å²) in [5.41, 5.74) is 2.23. The van der Waals surface area contributed by atoms with E-state index in [-0.39, 0.29) is 6.10 Å². The van der Waals surface area contributed by atoms with Gasteiger partial charge in [-0.15, -0.1) is 0 Å². The number of H-pyrrole nitrogens is 1. The van der Waals surface area contributed by atoms with Crippen LogP contribution in [0, 0.1) is 11.8 Å². The fourth-order valence-electron chi connectivity index (χ4n) is 4.56. The van der Waals surface area contributed by atoms with Crippen LogP contribution < -0.4 is 0 Å². The minimum absolute atomic E-state index is 0.0515. The van der Waals surface area contributed by atoms with Crippen molar-refractivity contribution in [2.75, 3.05) is 7.05 Å². The van der Waals surface area contributed by atoms with E-state index in [0.29, 0.717) is 6.04 Å². The van der Waals surface area contributed by atoms with Crippen molar-refractivity contribution in [1.82, 2.24) is 9.88 Å². The third-order valence-electron chi connectivity index (χ3n) is 5.71. The van der Waals surface area contributed by atoms with Crippen molar-refractivity contribution in [3.63, 3.8) is 0 Å². The Kier molecular flexibility index (Phi) is 3.67. The molecule has 0 spiro atoms. The molecule has 22 heavy (non-hydrogen) atoms. The first-order chi connectivity index (χ1) is 10.6. The van der Waals surface area contributed by atoms with Crippen molar-refractivity contribution >= 4 is 22.5 Å². The summed E-state index contributed by atoms with van der Waals surface area (Å²) in [5.74, 6) is 1.45. The van der Waals surface area contributed by atoms with Gasteiger partial charge in [-0.2, -0.15) is 0 Å². The van der Waals surface area contributed by atoms with Gasteiger partial charge in [-0.05, 0) is 50.6 Å². The normalized spacial score (nSPS) is 31.3. The second kappa shape index (κ2) is 5.55. The number of halogens is 1. The summed E-state index contributed by atoms with van der Waals surface area (Å²) < 4.78 is 0. The van der Waals surface area contributed by atoms with E-state index in [4.69, 9.17) is 11.6 Å². The number of hydrogen-bond acceptors (Lipinski definition) is 2. The van der Waals surface area contributed by atoms with Crippen molar-refractivity contribution in [3.8, 4) is 0 Å². The molecule has 0 aliphatic heterocycles. The molecule has 0 radical (unpaired) electrons. The van der Waals surface area contributed by atoms with Gasteiger partial charge in [-0.3, -0.25) is 4.90 Å².